The lowest BCUT2D eigenvalue weighted by Crippen LogP contribution is -2.38. The van der Waals surface area contributed by atoms with E-state index in [-0.39, 0.29) is 19.4 Å². The first-order valence-electron chi connectivity index (χ1n) is 14.3. The molecule has 2 aliphatic heterocycles. The number of hydrogen-bond donors (Lipinski definition) is 1. The number of carbonyl (C=O) groups excluding carboxylic acids is 2. The number of ether oxygens (including phenoxy) is 4. The third-order valence-electron chi connectivity index (χ3n) is 6.91. The van der Waals surface area contributed by atoms with Crippen LogP contribution in [0.5, 0.6) is 0 Å². The Balaban J connectivity index is 1.80. The molecule has 1 aromatic carbocycles. The Kier molecular flexibility index (Phi) is 10.2. The molecular formula is C29H43BrN4O6Si. The maximum atomic E-state index is 13.5. The third-order valence-corrected chi connectivity index (χ3v) is 9.14. The number of imidazole rings is 1. The van der Waals surface area contributed by atoms with E-state index in [9.17, 15) is 9.59 Å². The summed E-state index contributed by atoms with van der Waals surface area (Å²) in [6.07, 6.45) is 0.0912. The maximum absolute atomic E-state index is 13.5. The molecule has 1 N–H and O–H groups in total. The van der Waals surface area contributed by atoms with Gasteiger partial charge in [-0.1, -0.05) is 47.7 Å². The molecule has 2 atom stereocenters. The lowest BCUT2D eigenvalue weighted by Gasteiger charge is -2.28. The SMILES string of the molecule is CC(C)(C)OC(=O)N1CC2CC1c1nc(-c3ccc(Br)cc3)c(n1COCC[Si](C)(C)C)COC(=O)NCCCO2. The molecule has 12 heteroatoms. The molecule has 2 aromatic rings. The first-order chi connectivity index (χ1) is 19.3. The average molecular weight is 652 g/mol. The normalized spacial score (nSPS) is 20.3. The van der Waals surface area contributed by atoms with Crippen LogP contribution in [0.2, 0.25) is 25.7 Å². The minimum Gasteiger partial charge on any atom is -0.444 e. The number of likely N-dealkylation sites (tertiary alicyclic amines) is 1. The molecule has 1 fully saturated rings. The van der Waals surface area contributed by atoms with E-state index in [2.05, 4.69) is 40.9 Å². The van der Waals surface area contributed by atoms with Crippen LogP contribution in [0.15, 0.2) is 28.7 Å². The number of fused-ring (bicyclic) bond motifs is 5. The molecular weight excluding hydrogens is 608 g/mol. The van der Waals surface area contributed by atoms with E-state index >= 15 is 0 Å². The summed E-state index contributed by atoms with van der Waals surface area (Å²) >= 11 is 3.51. The summed E-state index contributed by atoms with van der Waals surface area (Å²) in [5, 5.41) is 2.80. The number of alkyl carbamates (subject to hydrolysis) is 1. The molecule has 2 aliphatic rings. The zero-order valence-electron chi connectivity index (χ0n) is 25.0. The topological polar surface area (TPSA) is 104 Å². The third kappa shape index (κ3) is 8.79. The Morgan fingerprint density at radius 3 is 2.63 bits per heavy atom. The summed E-state index contributed by atoms with van der Waals surface area (Å²) in [5.41, 5.74) is 1.60. The van der Waals surface area contributed by atoms with Crippen molar-refractivity contribution in [3.8, 4) is 11.3 Å². The van der Waals surface area contributed by atoms with E-state index < -0.39 is 31.9 Å². The van der Waals surface area contributed by atoms with Gasteiger partial charge in [0.15, 0.2) is 0 Å². The summed E-state index contributed by atoms with van der Waals surface area (Å²) in [6, 6.07) is 8.44. The number of carbonyl (C=O) groups is 2. The van der Waals surface area contributed by atoms with Crippen LogP contribution in [-0.4, -0.2) is 72.7 Å². The van der Waals surface area contributed by atoms with Crippen LogP contribution in [-0.2, 0) is 32.3 Å². The molecule has 0 spiro atoms. The van der Waals surface area contributed by atoms with Crippen molar-refractivity contribution in [1.82, 2.24) is 19.8 Å². The smallest absolute Gasteiger partial charge is 0.411 e. The Morgan fingerprint density at radius 2 is 1.95 bits per heavy atom. The van der Waals surface area contributed by atoms with Crippen molar-refractivity contribution < 1.29 is 28.5 Å². The molecule has 0 saturated carbocycles. The van der Waals surface area contributed by atoms with Crippen LogP contribution in [0, 0.1) is 0 Å². The van der Waals surface area contributed by atoms with E-state index in [0.717, 1.165) is 16.1 Å². The number of benzene rings is 1. The molecule has 4 bridgehead atoms. The van der Waals surface area contributed by atoms with Crippen molar-refractivity contribution in [2.45, 2.75) is 90.4 Å². The van der Waals surface area contributed by atoms with Crippen molar-refractivity contribution in [3.63, 3.8) is 0 Å². The number of cyclic esters (lactones) is 1. The van der Waals surface area contributed by atoms with Gasteiger partial charge < -0.3 is 28.8 Å². The highest BCUT2D eigenvalue weighted by atomic mass is 79.9. The van der Waals surface area contributed by atoms with Crippen molar-refractivity contribution in [2.75, 3.05) is 26.3 Å². The fourth-order valence-electron chi connectivity index (χ4n) is 4.81. The van der Waals surface area contributed by atoms with Gasteiger partial charge in [-0.2, -0.15) is 0 Å². The summed E-state index contributed by atoms with van der Waals surface area (Å²) in [7, 11) is -1.31. The first-order valence-corrected chi connectivity index (χ1v) is 18.8. The Hall–Kier alpha value is -2.41. The van der Waals surface area contributed by atoms with E-state index in [1.54, 1.807) is 4.90 Å². The highest BCUT2D eigenvalue weighted by Crippen LogP contribution is 2.38. The predicted octanol–water partition coefficient (Wildman–Crippen LogP) is 6.32. The number of aromatic nitrogens is 2. The van der Waals surface area contributed by atoms with Gasteiger partial charge >= 0.3 is 12.2 Å². The highest BCUT2D eigenvalue weighted by molar-refractivity contribution is 9.10. The molecule has 1 aromatic heterocycles. The van der Waals surface area contributed by atoms with Crippen LogP contribution in [0.4, 0.5) is 9.59 Å². The number of amides is 2. The van der Waals surface area contributed by atoms with Gasteiger partial charge in [-0.25, -0.2) is 14.6 Å². The Morgan fingerprint density at radius 1 is 1.22 bits per heavy atom. The van der Waals surface area contributed by atoms with Crippen molar-refractivity contribution in [3.05, 3.63) is 40.3 Å². The molecule has 41 heavy (non-hydrogen) atoms. The van der Waals surface area contributed by atoms with Crippen LogP contribution in [0.1, 0.15) is 51.2 Å². The molecule has 1 saturated heterocycles. The lowest BCUT2D eigenvalue weighted by atomic mass is 10.1. The molecule has 0 aliphatic carbocycles. The van der Waals surface area contributed by atoms with Crippen LogP contribution in [0.25, 0.3) is 11.3 Å². The largest absolute Gasteiger partial charge is 0.444 e. The minimum absolute atomic E-state index is 0.000692. The second-order valence-corrected chi connectivity index (χ2v) is 19.3. The number of rotatable bonds is 6. The number of nitrogens with zero attached hydrogens (tertiary/aromatic N) is 3. The molecule has 2 unspecified atom stereocenters. The number of nitrogens with one attached hydrogen (secondary N) is 1. The molecule has 226 valence electrons. The van der Waals surface area contributed by atoms with Crippen LogP contribution >= 0.6 is 15.9 Å². The van der Waals surface area contributed by atoms with Gasteiger partial charge in [-0.05, 0) is 45.4 Å². The quantitative estimate of drug-likeness (QED) is 0.288. The van der Waals surface area contributed by atoms with Gasteiger partial charge in [0.05, 0.1) is 30.1 Å². The molecule has 3 heterocycles. The second-order valence-electron chi connectivity index (χ2n) is 12.8. The van der Waals surface area contributed by atoms with Crippen molar-refractivity contribution in [2.24, 2.45) is 0 Å². The Labute approximate surface area is 252 Å². The number of hydrogen-bond acceptors (Lipinski definition) is 7. The average Bonchev–Trinajstić information content (AvgIpc) is 3.45. The Bertz CT molecular complexity index is 1210. The first kappa shape index (κ1) is 31.5. The molecule has 0 radical (unpaired) electrons. The number of halogens is 1. The van der Waals surface area contributed by atoms with E-state index in [0.29, 0.717) is 56.4 Å². The van der Waals surface area contributed by atoms with Gasteiger partial charge in [0.2, 0.25) is 0 Å². The minimum atomic E-state index is -1.31. The fourth-order valence-corrected chi connectivity index (χ4v) is 5.83. The van der Waals surface area contributed by atoms with E-state index in [1.165, 1.54) is 0 Å². The van der Waals surface area contributed by atoms with Gasteiger partial charge in [0.1, 0.15) is 24.8 Å². The summed E-state index contributed by atoms with van der Waals surface area (Å²) in [6.45, 7) is 14.6. The van der Waals surface area contributed by atoms with Gasteiger partial charge in [0.25, 0.3) is 0 Å². The maximum Gasteiger partial charge on any atom is 0.411 e. The lowest BCUT2D eigenvalue weighted by molar-refractivity contribution is 0.0152. The highest BCUT2D eigenvalue weighted by Gasteiger charge is 2.42. The molecule has 2 amide bonds. The summed E-state index contributed by atoms with van der Waals surface area (Å²) in [4.78, 5) is 32.9. The molecule has 4 rings (SSSR count). The fraction of sp³-hybridized carbons (Fsp3) is 0.621. The second kappa shape index (κ2) is 13.3. The summed E-state index contributed by atoms with van der Waals surface area (Å²) in [5.74, 6) is 0.656. The van der Waals surface area contributed by atoms with Crippen molar-refractivity contribution >= 4 is 36.2 Å². The van der Waals surface area contributed by atoms with Crippen LogP contribution < -0.4 is 5.32 Å². The van der Waals surface area contributed by atoms with Gasteiger partial charge in [-0.15, -0.1) is 0 Å². The zero-order chi connectivity index (χ0) is 29.8. The monoisotopic (exact) mass is 650 g/mol. The van der Waals surface area contributed by atoms with Crippen LogP contribution in [0.3, 0.4) is 0 Å². The molecule has 10 nitrogen and oxygen atoms in total. The van der Waals surface area contributed by atoms with E-state index in [4.69, 9.17) is 23.9 Å². The summed E-state index contributed by atoms with van der Waals surface area (Å²) < 4.78 is 26.8. The van der Waals surface area contributed by atoms with Gasteiger partial charge in [-0.3, -0.25) is 4.90 Å². The van der Waals surface area contributed by atoms with E-state index in [1.807, 2.05) is 49.6 Å². The van der Waals surface area contributed by atoms with Gasteiger partial charge in [0, 0.05) is 44.3 Å². The predicted molar refractivity (Wildman–Crippen MR) is 162 cm³/mol. The van der Waals surface area contributed by atoms with Crippen molar-refractivity contribution in [1.29, 1.82) is 0 Å². The standard InChI is InChI=1S/C29H43BrN4O6Si/c1-29(2,3)40-28(36)33-17-22-16-23(33)26-32-25(20-8-10-21(30)11-9-20)24(18-39-27(35)31-12-7-13-38-22)34(26)19-37-14-15-41(4,5)6/h8-11,22-23H,7,12-19H2,1-6H3,(H,31,35). The zero-order valence-corrected chi connectivity index (χ0v) is 27.6.